The Kier molecular flexibility index (Phi) is 7.21. The molecule has 0 aliphatic heterocycles. The number of aromatic nitrogens is 2. The number of anilines is 2. The highest BCUT2D eigenvalue weighted by Gasteiger charge is 2.36. The van der Waals surface area contributed by atoms with Gasteiger partial charge in [-0.2, -0.15) is 18.3 Å². The Labute approximate surface area is 214 Å². The minimum atomic E-state index is -4.69. The van der Waals surface area contributed by atoms with E-state index in [9.17, 15) is 22.8 Å². The van der Waals surface area contributed by atoms with Crippen molar-refractivity contribution in [3.8, 4) is 11.4 Å². The number of nitrogens with zero attached hydrogens (tertiary/aromatic N) is 2. The van der Waals surface area contributed by atoms with Gasteiger partial charge in [-0.3, -0.25) is 9.59 Å². The number of hydrogen-bond acceptors (Lipinski definition) is 4. The molecule has 7 nitrogen and oxygen atoms in total. The zero-order valence-corrected chi connectivity index (χ0v) is 20.3. The van der Waals surface area contributed by atoms with Crippen LogP contribution in [-0.4, -0.2) is 28.7 Å². The van der Waals surface area contributed by atoms with E-state index in [1.807, 2.05) is 0 Å². The molecule has 2 N–H and O–H groups in total. The third-order valence-corrected chi connectivity index (χ3v) is 5.56. The van der Waals surface area contributed by atoms with Gasteiger partial charge < -0.3 is 15.4 Å². The van der Waals surface area contributed by atoms with Gasteiger partial charge in [-0.25, -0.2) is 4.68 Å². The quantitative estimate of drug-likeness (QED) is 0.305. The fourth-order valence-electron chi connectivity index (χ4n) is 3.53. The molecule has 3 aromatic carbocycles. The number of ether oxygens (including phenoxy) is 1. The van der Waals surface area contributed by atoms with Crippen LogP contribution in [0.4, 0.5) is 24.5 Å². The number of alkyl halides is 3. The Morgan fingerprint density at radius 3 is 2.08 bits per heavy atom. The second-order valence-corrected chi connectivity index (χ2v) is 8.39. The van der Waals surface area contributed by atoms with E-state index in [0.717, 1.165) is 6.07 Å². The summed E-state index contributed by atoms with van der Waals surface area (Å²) in [6.07, 6.45) is -4.69. The Bertz CT molecular complexity index is 1450. The first kappa shape index (κ1) is 25.8. The first-order valence-corrected chi connectivity index (χ1v) is 11.2. The van der Waals surface area contributed by atoms with E-state index < -0.39 is 23.7 Å². The van der Waals surface area contributed by atoms with Gasteiger partial charge in [0.25, 0.3) is 11.8 Å². The minimum Gasteiger partial charge on any atom is -0.497 e. The highest BCUT2D eigenvalue weighted by atomic mass is 35.5. The van der Waals surface area contributed by atoms with Crippen LogP contribution in [0, 0.1) is 6.92 Å². The number of aryl methyl sites for hydroxylation is 1. The fraction of sp³-hybridized carbons (Fsp3) is 0.115. The van der Waals surface area contributed by atoms with Crippen LogP contribution in [0.2, 0.25) is 5.02 Å². The van der Waals surface area contributed by atoms with Gasteiger partial charge in [0.05, 0.1) is 24.2 Å². The summed E-state index contributed by atoms with van der Waals surface area (Å²) in [4.78, 5) is 25.6. The van der Waals surface area contributed by atoms with E-state index in [4.69, 9.17) is 16.3 Å². The van der Waals surface area contributed by atoms with Gasteiger partial charge in [-0.05, 0) is 79.7 Å². The molecule has 0 atom stereocenters. The van der Waals surface area contributed by atoms with Gasteiger partial charge in [0.15, 0.2) is 0 Å². The summed E-state index contributed by atoms with van der Waals surface area (Å²) in [6, 6.07) is 17.4. The predicted octanol–water partition coefficient (Wildman–Crippen LogP) is 6.37. The van der Waals surface area contributed by atoms with Crippen LogP contribution in [0.15, 0.2) is 72.8 Å². The van der Waals surface area contributed by atoms with Crippen molar-refractivity contribution in [2.24, 2.45) is 0 Å². The summed E-state index contributed by atoms with van der Waals surface area (Å²) in [6.45, 7) is 1.43. The molecule has 2 amide bonds. The molecule has 4 rings (SSSR count). The van der Waals surface area contributed by atoms with Gasteiger partial charge in [-0.1, -0.05) is 11.6 Å². The summed E-state index contributed by atoms with van der Waals surface area (Å²) in [5, 5.41) is 9.71. The van der Waals surface area contributed by atoms with E-state index in [2.05, 4.69) is 15.7 Å². The molecule has 0 spiro atoms. The average molecular weight is 529 g/mol. The van der Waals surface area contributed by atoms with Gasteiger partial charge in [-0.15, -0.1) is 0 Å². The normalized spacial score (nSPS) is 11.2. The largest absolute Gasteiger partial charge is 0.497 e. The average Bonchev–Trinajstić information content (AvgIpc) is 3.26. The van der Waals surface area contributed by atoms with Crippen LogP contribution in [0.1, 0.15) is 32.1 Å². The third kappa shape index (κ3) is 5.92. The van der Waals surface area contributed by atoms with Crippen LogP contribution in [-0.2, 0) is 6.18 Å². The summed E-state index contributed by atoms with van der Waals surface area (Å²) in [5.74, 6) is -0.478. The molecular weight excluding hydrogens is 509 g/mol. The van der Waals surface area contributed by atoms with Crippen molar-refractivity contribution in [1.82, 2.24) is 9.78 Å². The van der Waals surface area contributed by atoms with Crippen molar-refractivity contribution < 1.29 is 27.5 Å². The number of benzene rings is 3. The molecule has 0 radical (unpaired) electrons. The second kappa shape index (κ2) is 10.4. The smallest absolute Gasteiger partial charge is 0.433 e. The molecule has 11 heteroatoms. The fourth-order valence-corrected chi connectivity index (χ4v) is 3.65. The number of methoxy groups -OCH3 is 1. The first-order valence-electron chi connectivity index (χ1n) is 10.9. The van der Waals surface area contributed by atoms with Crippen molar-refractivity contribution in [3.05, 3.63) is 100 Å². The van der Waals surface area contributed by atoms with E-state index >= 15 is 0 Å². The molecule has 0 fully saturated rings. The molecule has 4 aromatic rings. The lowest BCUT2D eigenvalue weighted by atomic mass is 10.1. The Balaban J connectivity index is 1.72. The van der Waals surface area contributed by atoms with Gasteiger partial charge in [0.1, 0.15) is 11.4 Å². The molecule has 1 aromatic heterocycles. The molecule has 0 saturated heterocycles. The molecule has 37 heavy (non-hydrogen) atoms. The van der Waals surface area contributed by atoms with Crippen LogP contribution in [0.5, 0.6) is 5.75 Å². The van der Waals surface area contributed by atoms with E-state index in [0.29, 0.717) is 21.0 Å². The lowest BCUT2D eigenvalue weighted by Gasteiger charge is -2.17. The van der Waals surface area contributed by atoms with Gasteiger partial charge in [0.2, 0.25) is 0 Å². The molecule has 0 unspecified atom stereocenters. The molecular formula is C26H20ClF3N4O3. The van der Waals surface area contributed by atoms with E-state index in [1.54, 1.807) is 24.3 Å². The number of amides is 2. The monoisotopic (exact) mass is 528 g/mol. The topological polar surface area (TPSA) is 85.2 Å². The van der Waals surface area contributed by atoms with Crippen LogP contribution >= 0.6 is 11.6 Å². The van der Waals surface area contributed by atoms with Crippen molar-refractivity contribution >= 4 is 34.8 Å². The third-order valence-electron chi connectivity index (χ3n) is 5.31. The van der Waals surface area contributed by atoms with Crippen molar-refractivity contribution in [3.63, 3.8) is 0 Å². The molecule has 0 aliphatic rings. The van der Waals surface area contributed by atoms with Gasteiger partial charge in [0, 0.05) is 21.8 Å². The Hall–Kier alpha value is -4.31. The van der Waals surface area contributed by atoms with Crippen molar-refractivity contribution in [2.45, 2.75) is 13.1 Å². The molecule has 1 heterocycles. The van der Waals surface area contributed by atoms with E-state index in [-0.39, 0.29) is 28.3 Å². The summed E-state index contributed by atoms with van der Waals surface area (Å²) < 4.78 is 46.9. The Morgan fingerprint density at radius 2 is 1.49 bits per heavy atom. The highest BCUT2D eigenvalue weighted by Crippen LogP contribution is 2.34. The molecule has 0 bridgehead atoms. The number of carbonyl (C=O) groups excluding carboxylic acids is 2. The van der Waals surface area contributed by atoms with E-state index in [1.165, 1.54) is 56.5 Å². The second-order valence-electron chi connectivity index (χ2n) is 7.96. The maximum absolute atomic E-state index is 13.7. The minimum absolute atomic E-state index is 0.00100. The number of nitrogens with one attached hydrogen (secondary N) is 2. The molecule has 190 valence electrons. The molecule has 0 aliphatic carbocycles. The number of rotatable bonds is 6. The SMILES string of the molecule is COc1ccc(C(=O)Nc2ccc(-n3nc(C)cc3C(F)(F)F)c(NC(=O)c3ccc(Cl)cc3)c2)cc1. The Morgan fingerprint density at radius 1 is 0.892 bits per heavy atom. The summed E-state index contributed by atoms with van der Waals surface area (Å²) >= 11 is 5.88. The zero-order valence-electron chi connectivity index (χ0n) is 19.6. The standard InChI is InChI=1S/C26H20ClF3N4O3/c1-15-13-23(26(28,29)30)34(33-15)22-12-9-19(31-24(35)17-5-10-20(37-2)11-6-17)14-21(22)32-25(36)16-3-7-18(27)8-4-16/h3-14H,1-2H3,(H,31,35)(H,32,36). The maximum atomic E-state index is 13.7. The van der Waals surface area contributed by atoms with Crippen LogP contribution in [0.25, 0.3) is 5.69 Å². The first-order chi connectivity index (χ1) is 17.5. The number of halogens is 4. The summed E-state index contributed by atoms with van der Waals surface area (Å²) in [5.41, 5.74) is -0.102. The van der Waals surface area contributed by atoms with Gasteiger partial charge >= 0.3 is 6.18 Å². The highest BCUT2D eigenvalue weighted by molar-refractivity contribution is 6.30. The number of hydrogen-bond donors (Lipinski definition) is 2. The summed E-state index contributed by atoms with van der Waals surface area (Å²) in [7, 11) is 1.50. The zero-order chi connectivity index (χ0) is 26.7. The number of carbonyl (C=O) groups is 2. The predicted molar refractivity (Wildman–Crippen MR) is 134 cm³/mol. The van der Waals surface area contributed by atoms with Crippen molar-refractivity contribution in [1.29, 1.82) is 0 Å². The van der Waals surface area contributed by atoms with Crippen molar-refractivity contribution in [2.75, 3.05) is 17.7 Å². The lowest BCUT2D eigenvalue weighted by Crippen LogP contribution is -2.18. The molecule has 0 saturated carbocycles. The van der Waals surface area contributed by atoms with Crippen LogP contribution in [0.3, 0.4) is 0 Å². The maximum Gasteiger partial charge on any atom is 0.433 e. The lowest BCUT2D eigenvalue weighted by molar-refractivity contribution is -0.142. The van der Waals surface area contributed by atoms with Crippen LogP contribution < -0.4 is 15.4 Å².